The first kappa shape index (κ1) is 12.7. The van der Waals surface area contributed by atoms with E-state index in [1.54, 1.807) is 0 Å². The number of methoxy groups -OCH3 is 1. The minimum atomic E-state index is -0.391. The molecule has 0 saturated carbocycles. The summed E-state index contributed by atoms with van der Waals surface area (Å²) in [5.41, 5.74) is 1.95. The van der Waals surface area contributed by atoms with E-state index in [9.17, 15) is 9.90 Å². The number of carbonyl (C=O) groups is 1. The van der Waals surface area contributed by atoms with Gasteiger partial charge in [0.1, 0.15) is 0 Å². The molecule has 1 aliphatic rings. The zero-order chi connectivity index (χ0) is 13.0. The molecule has 1 saturated heterocycles. The van der Waals surface area contributed by atoms with Gasteiger partial charge in [0.05, 0.1) is 19.8 Å². The molecule has 1 amide bonds. The summed E-state index contributed by atoms with van der Waals surface area (Å²) in [7, 11) is 1.36. The van der Waals surface area contributed by atoms with Crippen molar-refractivity contribution in [3.8, 4) is 0 Å². The quantitative estimate of drug-likeness (QED) is 0.843. The number of nitrogens with zero attached hydrogens (tertiary/aromatic N) is 1. The molecule has 1 unspecified atom stereocenters. The third-order valence-electron chi connectivity index (χ3n) is 3.20. The van der Waals surface area contributed by atoms with Gasteiger partial charge in [-0.15, -0.1) is 0 Å². The lowest BCUT2D eigenvalue weighted by Gasteiger charge is -2.21. The zero-order valence-electron chi connectivity index (χ0n) is 10.4. The highest BCUT2D eigenvalue weighted by atomic mass is 16.5. The van der Waals surface area contributed by atoms with Gasteiger partial charge in [0, 0.05) is 24.3 Å². The van der Waals surface area contributed by atoms with Gasteiger partial charge in [-0.3, -0.25) is 0 Å². The number of rotatable bonds is 3. The largest absolute Gasteiger partial charge is 0.453 e. The number of ether oxygens (including phenoxy) is 1. The maximum absolute atomic E-state index is 11.1. The van der Waals surface area contributed by atoms with Crippen molar-refractivity contribution in [3.63, 3.8) is 0 Å². The molecule has 0 aliphatic carbocycles. The fourth-order valence-electron chi connectivity index (χ4n) is 2.28. The van der Waals surface area contributed by atoms with Crippen molar-refractivity contribution in [1.82, 2.24) is 5.32 Å². The number of para-hydroxylation sites is 1. The normalized spacial score (nSPS) is 18.8. The van der Waals surface area contributed by atoms with E-state index in [1.165, 1.54) is 7.11 Å². The molecule has 18 heavy (non-hydrogen) atoms. The molecule has 0 bridgehead atoms. The van der Waals surface area contributed by atoms with Crippen LogP contribution in [-0.4, -0.2) is 37.4 Å². The summed E-state index contributed by atoms with van der Waals surface area (Å²) in [5.74, 6) is 0. The molecular formula is C13H18N2O3. The smallest absolute Gasteiger partial charge is 0.407 e. The van der Waals surface area contributed by atoms with Crippen molar-refractivity contribution in [2.75, 3.05) is 25.1 Å². The monoisotopic (exact) mass is 250 g/mol. The standard InChI is InChI=1S/C13H18N2O3/c1-18-13(17)14-11-6-7-15(8-11)12-5-3-2-4-10(12)9-16/h2-5,11,16H,6-9H2,1H3,(H,14,17). The number of hydrogen-bond donors (Lipinski definition) is 2. The van der Waals surface area contributed by atoms with E-state index in [0.29, 0.717) is 0 Å². The van der Waals surface area contributed by atoms with Crippen molar-refractivity contribution in [2.24, 2.45) is 0 Å². The van der Waals surface area contributed by atoms with E-state index >= 15 is 0 Å². The Morgan fingerprint density at radius 1 is 1.56 bits per heavy atom. The van der Waals surface area contributed by atoms with Gasteiger partial charge in [0.15, 0.2) is 0 Å². The summed E-state index contributed by atoms with van der Waals surface area (Å²) in [6.45, 7) is 1.64. The van der Waals surface area contributed by atoms with Crippen LogP contribution in [-0.2, 0) is 11.3 Å². The predicted molar refractivity (Wildman–Crippen MR) is 68.5 cm³/mol. The summed E-state index contributed by atoms with van der Waals surface area (Å²) in [4.78, 5) is 13.3. The van der Waals surface area contributed by atoms with Crippen molar-refractivity contribution >= 4 is 11.8 Å². The van der Waals surface area contributed by atoms with Gasteiger partial charge in [0.25, 0.3) is 0 Å². The zero-order valence-corrected chi connectivity index (χ0v) is 10.4. The number of hydrogen-bond acceptors (Lipinski definition) is 4. The summed E-state index contributed by atoms with van der Waals surface area (Å²) >= 11 is 0. The molecule has 5 nitrogen and oxygen atoms in total. The van der Waals surface area contributed by atoms with Gasteiger partial charge in [-0.1, -0.05) is 18.2 Å². The Bertz CT molecular complexity index is 422. The molecule has 1 aromatic rings. The number of carbonyl (C=O) groups excluding carboxylic acids is 1. The Kier molecular flexibility index (Phi) is 4.04. The van der Waals surface area contributed by atoms with Crippen LogP contribution in [0.15, 0.2) is 24.3 Å². The number of anilines is 1. The van der Waals surface area contributed by atoms with Crippen LogP contribution >= 0.6 is 0 Å². The highest BCUT2D eigenvalue weighted by Crippen LogP contribution is 2.24. The van der Waals surface area contributed by atoms with Crippen LogP contribution in [0.3, 0.4) is 0 Å². The summed E-state index contributed by atoms with van der Waals surface area (Å²) in [6.07, 6.45) is 0.492. The summed E-state index contributed by atoms with van der Waals surface area (Å²) < 4.78 is 4.59. The Hall–Kier alpha value is -1.75. The van der Waals surface area contributed by atoms with Crippen LogP contribution in [0.1, 0.15) is 12.0 Å². The molecule has 0 spiro atoms. The molecule has 1 fully saturated rings. The molecule has 98 valence electrons. The van der Waals surface area contributed by atoms with Gasteiger partial charge < -0.3 is 20.1 Å². The van der Waals surface area contributed by atoms with E-state index < -0.39 is 6.09 Å². The number of nitrogens with one attached hydrogen (secondary N) is 1. The van der Waals surface area contributed by atoms with Crippen LogP contribution < -0.4 is 10.2 Å². The molecule has 0 aromatic heterocycles. The first-order valence-corrected chi connectivity index (χ1v) is 6.02. The van der Waals surface area contributed by atoms with E-state index in [4.69, 9.17) is 0 Å². The van der Waals surface area contributed by atoms with E-state index in [2.05, 4.69) is 15.0 Å². The molecule has 1 aliphatic heterocycles. The number of benzene rings is 1. The fourth-order valence-corrected chi connectivity index (χ4v) is 2.28. The average molecular weight is 250 g/mol. The maximum Gasteiger partial charge on any atom is 0.407 e. The molecule has 2 N–H and O–H groups in total. The Labute approximate surface area is 106 Å². The van der Waals surface area contributed by atoms with Gasteiger partial charge in [-0.25, -0.2) is 4.79 Å². The van der Waals surface area contributed by atoms with E-state index in [-0.39, 0.29) is 12.6 Å². The Morgan fingerprint density at radius 3 is 3.06 bits per heavy atom. The lowest BCUT2D eigenvalue weighted by atomic mass is 10.2. The van der Waals surface area contributed by atoms with Crippen molar-refractivity contribution in [2.45, 2.75) is 19.1 Å². The molecule has 1 heterocycles. The molecule has 1 aromatic carbocycles. The highest BCUT2D eigenvalue weighted by Gasteiger charge is 2.25. The minimum absolute atomic E-state index is 0.0295. The van der Waals surface area contributed by atoms with Gasteiger partial charge in [0.2, 0.25) is 0 Å². The summed E-state index contributed by atoms with van der Waals surface area (Å²) in [6, 6.07) is 7.87. The SMILES string of the molecule is COC(=O)NC1CCN(c2ccccc2CO)C1. The first-order valence-electron chi connectivity index (χ1n) is 6.02. The van der Waals surface area contributed by atoms with Gasteiger partial charge >= 0.3 is 6.09 Å². The topological polar surface area (TPSA) is 61.8 Å². The predicted octanol–water partition coefficient (Wildman–Crippen LogP) is 1.11. The second kappa shape index (κ2) is 5.73. The number of amides is 1. The summed E-state index contributed by atoms with van der Waals surface area (Å²) in [5, 5.41) is 12.1. The second-order valence-electron chi connectivity index (χ2n) is 4.35. The fraction of sp³-hybridized carbons (Fsp3) is 0.462. The number of aliphatic hydroxyl groups excluding tert-OH is 1. The Balaban J connectivity index is 2.02. The van der Waals surface area contributed by atoms with Gasteiger partial charge in [-0.05, 0) is 12.5 Å². The molecule has 1 atom stereocenters. The molecular weight excluding hydrogens is 232 g/mol. The third kappa shape index (κ3) is 2.73. The van der Waals surface area contributed by atoms with Crippen molar-refractivity contribution < 1.29 is 14.6 Å². The second-order valence-corrected chi connectivity index (χ2v) is 4.35. The van der Waals surface area contributed by atoms with Crippen molar-refractivity contribution in [3.05, 3.63) is 29.8 Å². The van der Waals surface area contributed by atoms with Crippen LogP contribution in [0.4, 0.5) is 10.5 Å². The lowest BCUT2D eigenvalue weighted by Crippen LogP contribution is -2.37. The van der Waals surface area contributed by atoms with Gasteiger partial charge in [-0.2, -0.15) is 0 Å². The van der Waals surface area contributed by atoms with Crippen LogP contribution in [0.2, 0.25) is 0 Å². The van der Waals surface area contributed by atoms with Crippen molar-refractivity contribution in [1.29, 1.82) is 0 Å². The highest BCUT2D eigenvalue weighted by molar-refractivity contribution is 5.67. The van der Waals surface area contributed by atoms with Crippen LogP contribution in [0.25, 0.3) is 0 Å². The maximum atomic E-state index is 11.1. The Morgan fingerprint density at radius 2 is 2.33 bits per heavy atom. The van der Waals surface area contributed by atoms with Crippen LogP contribution in [0.5, 0.6) is 0 Å². The van der Waals surface area contributed by atoms with E-state index in [0.717, 1.165) is 30.8 Å². The molecule has 2 rings (SSSR count). The first-order chi connectivity index (χ1) is 8.74. The average Bonchev–Trinajstić information content (AvgIpc) is 2.86. The lowest BCUT2D eigenvalue weighted by molar-refractivity contribution is 0.167. The van der Waals surface area contributed by atoms with E-state index in [1.807, 2.05) is 24.3 Å². The third-order valence-corrected chi connectivity index (χ3v) is 3.20. The minimum Gasteiger partial charge on any atom is -0.453 e. The molecule has 5 heteroatoms. The van der Waals surface area contributed by atoms with Crippen LogP contribution in [0, 0.1) is 0 Å². The molecule has 0 radical (unpaired) electrons. The number of alkyl carbamates (subject to hydrolysis) is 1. The number of aliphatic hydroxyl groups is 1.